The third-order valence-corrected chi connectivity index (χ3v) is 5.56. The number of carbonyl (C=O) groups is 1. The summed E-state index contributed by atoms with van der Waals surface area (Å²) >= 11 is 1.34. The SMILES string of the molecule is [B]=C(Nc1ccc(OC)cc1C)c1ccc(C(=O)Nc2ccc(N(C)C)cc2)s1. The Morgan fingerprint density at radius 2 is 1.69 bits per heavy atom. The molecule has 0 saturated heterocycles. The van der Waals surface area contributed by atoms with Crippen LogP contribution < -0.4 is 20.3 Å². The van der Waals surface area contributed by atoms with Crippen LogP contribution in [0.5, 0.6) is 5.75 Å². The molecule has 1 aromatic heterocycles. The van der Waals surface area contributed by atoms with Crippen molar-refractivity contribution in [3.05, 3.63) is 69.9 Å². The molecule has 0 aliphatic carbocycles. The summed E-state index contributed by atoms with van der Waals surface area (Å²) in [6.45, 7) is 1.98. The van der Waals surface area contributed by atoms with Crippen LogP contribution in [0.2, 0.25) is 0 Å². The number of nitrogens with zero attached hydrogens (tertiary/aromatic N) is 1. The van der Waals surface area contributed by atoms with Gasteiger partial charge >= 0.3 is 176 Å². The van der Waals surface area contributed by atoms with Gasteiger partial charge in [0.25, 0.3) is 0 Å². The van der Waals surface area contributed by atoms with Gasteiger partial charge < -0.3 is 0 Å². The van der Waals surface area contributed by atoms with Gasteiger partial charge in [-0.25, -0.2) is 0 Å². The van der Waals surface area contributed by atoms with Crippen molar-refractivity contribution in [2.24, 2.45) is 0 Å². The van der Waals surface area contributed by atoms with Crippen LogP contribution in [0.4, 0.5) is 17.1 Å². The molecule has 147 valence electrons. The molecule has 1 radical (unpaired) electrons. The zero-order valence-electron chi connectivity index (χ0n) is 16.9. The van der Waals surface area contributed by atoms with Crippen LogP contribution in [0, 0.1) is 6.92 Å². The number of aryl methyl sites for hydroxylation is 1. The topological polar surface area (TPSA) is 53.6 Å². The van der Waals surface area contributed by atoms with Crippen molar-refractivity contribution < 1.29 is 9.53 Å². The van der Waals surface area contributed by atoms with Gasteiger partial charge in [-0.1, -0.05) is 0 Å². The van der Waals surface area contributed by atoms with Gasteiger partial charge in [0.2, 0.25) is 0 Å². The Morgan fingerprint density at radius 3 is 2.31 bits per heavy atom. The minimum absolute atomic E-state index is 0.160. The van der Waals surface area contributed by atoms with E-state index in [-0.39, 0.29) is 5.91 Å². The van der Waals surface area contributed by atoms with Crippen LogP contribution in [-0.4, -0.2) is 40.2 Å². The number of hydrogen-bond donors (Lipinski definition) is 2. The third kappa shape index (κ3) is 5.06. The standard InChI is InChI=1S/C22H23BN3O2S/c1-14-13-17(28-4)9-10-18(14)25-21(23)19-11-12-20(29-19)22(27)24-15-5-7-16(8-6-15)26(2)3/h5-13,25H,1-4H3,(H,24,27). The maximum atomic E-state index is 12.6. The van der Waals surface area contributed by atoms with Crippen LogP contribution in [0.25, 0.3) is 0 Å². The molecule has 0 bridgehead atoms. The van der Waals surface area contributed by atoms with Gasteiger partial charge in [-0.05, 0) is 0 Å². The molecule has 1 amide bonds. The molecule has 2 N–H and O–H groups in total. The first-order valence-corrected chi connectivity index (χ1v) is 9.92. The average molecular weight is 404 g/mol. The quantitative estimate of drug-likeness (QED) is 0.582. The number of benzene rings is 2. The molecule has 2 aromatic carbocycles. The third-order valence-electron chi connectivity index (χ3n) is 4.44. The number of carbonyl (C=O) groups excluding carboxylic acids is 1. The number of hydrogen-bond acceptors (Lipinski definition) is 5. The number of ether oxygens (including phenoxy) is 1. The van der Waals surface area contributed by atoms with Gasteiger partial charge in [0, 0.05) is 0 Å². The fourth-order valence-corrected chi connectivity index (χ4v) is 3.56. The second-order valence-electron chi connectivity index (χ2n) is 6.78. The van der Waals surface area contributed by atoms with E-state index in [0.29, 0.717) is 10.5 Å². The summed E-state index contributed by atoms with van der Waals surface area (Å²) < 4.78 is 5.23. The summed E-state index contributed by atoms with van der Waals surface area (Å²) in [4.78, 5) is 16.0. The summed E-state index contributed by atoms with van der Waals surface area (Å²) in [5.74, 6) is 0.632. The molecule has 0 spiro atoms. The molecule has 5 nitrogen and oxygen atoms in total. The molecule has 3 aromatic rings. The van der Waals surface area contributed by atoms with Crippen molar-refractivity contribution >= 4 is 47.4 Å². The minimum atomic E-state index is -0.160. The van der Waals surface area contributed by atoms with Crippen molar-refractivity contribution in [2.75, 3.05) is 36.7 Å². The Hall–Kier alpha value is -3.06. The first-order valence-electron chi connectivity index (χ1n) is 9.10. The van der Waals surface area contributed by atoms with Crippen molar-refractivity contribution in [1.82, 2.24) is 0 Å². The van der Waals surface area contributed by atoms with E-state index in [0.717, 1.165) is 33.3 Å². The molecule has 7 heteroatoms. The Bertz CT molecular complexity index is 1030. The number of rotatable bonds is 7. The second-order valence-corrected chi connectivity index (χ2v) is 7.86. The van der Waals surface area contributed by atoms with Crippen molar-refractivity contribution in [2.45, 2.75) is 6.92 Å². The second kappa shape index (κ2) is 8.96. The van der Waals surface area contributed by atoms with E-state index in [1.54, 1.807) is 13.2 Å². The molecule has 0 atom stereocenters. The monoisotopic (exact) mass is 404 g/mol. The summed E-state index contributed by atoms with van der Waals surface area (Å²) in [6.07, 6.45) is 0. The van der Waals surface area contributed by atoms with Gasteiger partial charge in [-0.15, -0.1) is 0 Å². The fraction of sp³-hybridized carbons (Fsp3) is 0.182. The van der Waals surface area contributed by atoms with Crippen molar-refractivity contribution in [1.29, 1.82) is 0 Å². The molecule has 0 unspecified atom stereocenters. The molecule has 1 heterocycles. The zero-order chi connectivity index (χ0) is 21.0. The van der Waals surface area contributed by atoms with E-state index in [2.05, 4.69) is 10.6 Å². The molecule has 0 fully saturated rings. The van der Waals surface area contributed by atoms with Gasteiger partial charge in [0.05, 0.1) is 0 Å². The number of anilines is 3. The Balaban J connectivity index is 1.66. The summed E-state index contributed by atoms with van der Waals surface area (Å²) in [7, 11) is 11.8. The molecule has 0 aliphatic rings. The van der Waals surface area contributed by atoms with E-state index in [4.69, 9.17) is 12.2 Å². The predicted octanol–water partition coefficient (Wildman–Crippen LogP) is 4.14. The first-order chi connectivity index (χ1) is 13.9. The molecule has 0 saturated carbocycles. The Morgan fingerprint density at radius 1 is 1.00 bits per heavy atom. The van der Waals surface area contributed by atoms with E-state index in [1.165, 1.54) is 11.3 Å². The van der Waals surface area contributed by atoms with E-state index in [1.807, 2.05) is 74.4 Å². The zero-order valence-corrected chi connectivity index (χ0v) is 17.8. The van der Waals surface area contributed by atoms with Crippen LogP contribution in [0.3, 0.4) is 0 Å². The molecule has 29 heavy (non-hydrogen) atoms. The Kier molecular flexibility index (Phi) is 6.39. The maximum absolute atomic E-state index is 12.6. The predicted molar refractivity (Wildman–Crippen MR) is 124 cm³/mol. The van der Waals surface area contributed by atoms with Gasteiger partial charge in [0.15, 0.2) is 0 Å². The van der Waals surface area contributed by atoms with E-state index >= 15 is 0 Å². The molecule has 3 rings (SSSR count). The first kappa shape index (κ1) is 20.7. The number of amides is 1. The van der Waals surface area contributed by atoms with Crippen molar-refractivity contribution in [3.63, 3.8) is 0 Å². The summed E-state index contributed by atoms with van der Waals surface area (Å²) in [6, 6.07) is 17.0. The molecular formula is C22H23BN3O2S. The molecular weight excluding hydrogens is 381 g/mol. The van der Waals surface area contributed by atoms with Gasteiger partial charge in [-0.2, -0.15) is 0 Å². The van der Waals surface area contributed by atoms with Crippen LogP contribution in [-0.2, 0) is 0 Å². The van der Waals surface area contributed by atoms with Crippen LogP contribution in [0.1, 0.15) is 20.1 Å². The number of methoxy groups -OCH3 is 1. The number of thiophene rings is 1. The van der Waals surface area contributed by atoms with Crippen molar-refractivity contribution in [3.8, 4) is 5.75 Å². The van der Waals surface area contributed by atoms with E-state index in [9.17, 15) is 4.79 Å². The van der Waals surface area contributed by atoms with Gasteiger partial charge in [0.1, 0.15) is 0 Å². The van der Waals surface area contributed by atoms with Crippen LogP contribution in [0.15, 0.2) is 54.6 Å². The summed E-state index contributed by atoms with van der Waals surface area (Å²) in [5, 5.41) is 6.13. The van der Waals surface area contributed by atoms with E-state index < -0.39 is 0 Å². The fourth-order valence-electron chi connectivity index (χ4n) is 2.75. The van der Waals surface area contributed by atoms with Crippen LogP contribution >= 0.6 is 11.3 Å². The summed E-state index contributed by atoms with van der Waals surface area (Å²) in [5.41, 5.74) is 4.23. The van der Waals surface area contributed by atoms with Gasteiger partial charge in [-0.3, -0.25) is 0 Å². The molecule has 0 aliphatic heterocycles. The average Bonchev–Trinajstić information content (AvgIpc) is 3.20. The number of nitrogens with one attached hydrogen (secondary N) is 2. The Labute approximate surface area is 176 Å². The normalized spacial score (nSPS) is 10.3.